The quantitative estimate of drug-likeness (QED) is 0.673. The van der Waals surface area contributed by atoms with Crippen molar-refractivity contribution in [2.75, 3.05) is 13.6 Å². The van der Waals surface area contributed by atoms with Crippen molar-refractivity contribution < 1.29 is 9.59 Å². The third-order valence-corrected chi connectivity index (χ3v) is 2.35. The van der Waals surface area contributed by atoms with Gasteiger partial charge in [0.15, 0.2) is 5.78 Å². The minimum atomic E-state index is -0.106. The molecule has 0 aromatic carbocycles. The Morgan fingerprint density at radius 3 is 2.78 bits per heavy atom. The molecular weight excluding hydrogens is 234 g/mol. The van der Waals surface area contributed by atoms with Gasteiger partial charge in [-0.2, -0.15) is 0 Å². The van der Waals surface area contributed by atoms with E-state index >= 15 is 0 Å². The van der Waals surface area contributed by atoms with E-state index in [1.54, 1.807) is 13.2 Å². The molecule has 1 rings (SSSR count). The highest BCUT2D eigenvalue weighted by molar-refractivity contribution is 5.80. The first-order valence-corrected chi connectivity index (χ1v) is 5.86. The Balaban J connectivity index is 2.43. The van der Waals surface area contributed by atoms with Crippen LogP contribution in [0.1, 0.15) is 19.5 Å². The van der Waals surface area contributed by atoms with Crippen LogP contribution in [0.3, 0.4) is 0 Å². The van der Waals surface area contributed by atoms with E-state index in [-0.39, 0.29) is 30.7 Å². The molecule has 100 valence electrons. The Bertz CT molecular complexity index is 413. The number of hydrogen-bond donors (Lipinski definition) is 2. The van der Waals surface area contributed by atoms with Gasteiger partial charge in [0.05, 0.1) is 19.3 Å². The number of rotatable bonds is 7. The van der Waals surface area contributed by atoms with Crippen molar-refractivity contribution in [3.05, 3.63) is 11.9 Å². The highest BCUT2D eigenvalue weighted by Gasteiger charge is 2.10. The summed E-state index contributed by atoms with van der Waals surface area (Å²) < 4.78 is 1.49. The lowest BCUT2D eigenvalue weighted by atomic mass is 10.1. The smallest absolute Gasteiger partial charge is 0.234 e. The third-order valence-electron chi connectivity index (χ3n) is 2.35. The molecule has 0 atom stereocenters. The molecule has 0 bridgehead atoms. The van der Waals surface area contributed by atoms with Gasteiger partial charge in [-0.3, -0.25) is 9.59 Å². The molecule has 7 heteroatoms. The zero-order valence-corrected chi connectivity index (χ0v) is 10.9. The highest BCUT2D eigenvalue weighted by atomic mass is 16.2. The molecule has 1 aromatic rings. The van der Waals surface area contributed by atoms with Gasteiger partial charge >= 0.3 is 0 Å². The van der Waals surface area contributed by atoms with Crippen molar-refractivity contribution in [1.82, 2.24) is 25.6 Å². The van der Waals surface area contributed by atoms with Crippen LogP contribution in [0.5, 0.6) is 0 Å². The van der Waals surface area contributed by atoms with Crippen molar-refractivity contribution in [3.8, 4) is 0 Å². The van der Waals surface area contributed by atoms with Crippen molar-refractivity contribution >= 4 is 11.7 Å². The number of amides is 1. The summed E-state index contributed by atoms with van der Waals surface area (Å²) in [5, 5.41) is 13.2. The molecule has 2 N–H and O–H groups in total. The fraction of sp³-hybridized carbons (Fsp3) is 0.636. The summed E-state index contributed by atoms with van der Waals surface area (Å²) in [6, 6.07) is 0. The summed E-state index contributed by atoms with van der Waals surface area (Å²) in [5.74, 6) is -0.0241. The van der Waals surface area contributed by atoms with Crippen molar-refractivity contribution in [2.45, 2.75) is 26.9 Å². The predicted molar refractivity (Wildman–Crippen MR) is 65.6 cm³/mol. The second-order valence-corrected chi connectivity index (χ2v) is 4.34. The van der Waals surface area contributed by atoms with Crippen LogP contribution in [0, 0.1) is 5.92 Å². The number of Topliss-reactive ketones (excluding diaryl/α,β-unsaturated/α-hetero) is 1. The maximum absolute atomic E-state index is 11.5. The zero-order chi connectivity index (χ0) is 13.5. The SMILES string of the molecule is CNCC(=O)NCc1cn(CC(=O)C(C)C)nn1. The fourth-order valence-corrected chi connectivity index (χ4v) is 1.25. The number of nitrogens with one attached hydrogen (secondary N) is 2. The first kappa shape index (κ1) is 14.3. The standard InChI is InChI=1S/C11H19N5O2/c1-8(2)10(17)7-16-6-9(14-15-16)4-13-11(18)5-12-3/h6,8,12H,4-5,7H2,1-3H3,(H,13,18). The van der Waals surface area contributed by atoms with Crippen LogP contribution in [-0.2, 0) is 22.7 Å². The summed E-state index contributed by atoms with van der Waals surface area (Å²) in [5.41, 5.74) is 0.635. The Morgan fingerprint density at radius 2 is 2.17 bits per heavy atom. The van der Waals surface area contributed by atoms with Crippen LogP contribution in [0.4, 0.5) is 0 Å². The molecule has 0 aliphatic carbocycles. The molecule has 0 aliphatic heterocycles. The van der Waals surface area contributed by atoms with Crippen LogP contribution in [0.15, 0.2) is 6.20 Å². The number of ketones is 1. The van der Waals surface area contributed by atoms with Crippen molar-refractivity contribution in [3.63, 3.8) is 0 Å². The zero-order valence-electron chi connectivity index (χ0n) is 10.9. The molecule has 0 unspecified atom stereocenters. The Kier molecular flexibility index (Phi) is 5.44. The van der Waals surface area contributed by atoms with Gasteiger partial charge < -0.3 is 10.6 Å². The van der Waals surface area contributed by atoms with Crippen LogP contribution < -0.4 is 10.6 Å². The van der Waals surface area contributed by atoms with Crippen LogP contribution in [-0.4, -0.2) is 40.3 Å². The van der Waals surface area contributed by atoms with E-state index in [4.69, 9.17) is 0 Å². The van der Waals surface area contributed by atoms with Crippen LogP contribution in [0.25, 0.3) is 0 Å². The van der Waals surface area contributed by atoms with E-state index in [2.05, 4.69) is 20.9 Å². The van der Waals surface area contributed by atoms with E-state index < -0.39 is 0 Å². The maximum atomic E-state index is 11.5. The van der Waals surface area contributed by atoms with Gasteiger partial charge in [-0.05, 0) is 7.05 Å². The number of nitrogens with zero attached hydrogens (tertiary/aromatic N) is 3. The largest absolute Gasteiger partial charge is 0.349 e. The molecule has 0 saturated carbocycles. The first-order chi connectivity index (χ1) is 8.52. The van der Waals surface area contributed by atoms with Gasteiger partial charge in [-0.25, -0.2) is 4.68 Å². The first-order valence-electron chi connectivity index (χ1n) is 5.86. The fourth-order valence-electron chi connectivity index (χ4n) is 1.25. The monoisotopic (exact) mass is 253 g/mol. The predicted octanol–water partition coefficient (Wildman–Crippen LogP) is -0.661. The lowest BCUT2D eigenvalue weighted by molar-refractivity contribution is -0.122. The third kappa shape index (κ3) is 4.62. The lowest BCUT2D eigenvalue weighted by Gasteiger charge is -2.02. The Morgan fingerprint density at radius 1 is 1.44 bits per heavy atom. The molecule has 1 aromatic heterocycles. The Labute approximate surface area is 106 Å². The van der Waals surface area contributed by atoms with Gasteiger partial charge in [-0.15, -0.1) is 5.10 Å². The van der Waals surface area contributed by atoms with Gasteiger partial charge in [0.1, 0.15) is 12.2 Å². The number of carbonyl (C=O) groups excluding carboxylic acids is 2. The number of aromatic nitrogens is 3. The number of likely N-dealkylation sites (N-methyl/N-ethyl adjacent to an activating group) is 1. The molecule has 0 saturated heterocycles. The number of hydrogen-bond acceptors (Lipinski definition) is 5. The molecular formula is C11H19N5O2. The molecule has 0 aliphatic rings. The second-order valence-electron chi connectivity index (χ2n) is 4.34. The maximum Gasteiger partial charge on any atom is 0.234 e. The summed E-state index contributed by atoms with van der Waals surface area (Å²) in [7, 11) is 1.70. The second kappa shape index (κ2) is 6.85. The van der Waals surface area contributed by atoms with Gasteiger partial charge in [0.2, 0.25) is 5.91 Å². The molecule has 0 fully saturated rings. The van der Waals surface area contributed by atoms with Gasteiger partial charge in [-0.1, -0.05) is 19.1 Å². The van der Waals surface area contributed by atoms with E-state index in [9.17, 15) is 9.59 Å². The Hall–Kier alpha value is -1.76. The minimum Gasteiger partial charge on any atom is -0.349 e. The van der Waals surface area contributed by atoms with Crippen molar-refractivity contribution in [1.29, 1.82) is 0 Å². The van der Waals surface area contributed by atoms with E-state index in [1.807, 2.05) is 13.8 Å². The van der Waals surface area contributed by atoms with E-state index in [1.165, 1.54) is 4.68 Å². The number of carbonyl (C=O) groups is 2. The van der Waals surface area contributed by atoms with Gasteiger partial charge in [0.25, 0.3) is 0 Å². The minimum absolute atomic E-state index is 0.0204. The van der Waals surface area contributed by atoms with Crippen LogP contribution in [0.2, 0.25) is 0 Å². The highest BCUT2D eigenvalue weighted by Crippen LogP contribution is 1.98. The molecule has 1 heterocycles. The molecule has 18 heavy (non-hydrogen) atoms. The molecule has 0 radical (unpaired) electrons. The summed E-state index contributed by atoms with van der Waals surface area (Å²) in [6.45, 7) is 4.49. The van der Waals surface area contributed by atoms with E-state index in [0.29, 0.717) is 12.2 Å². The van der Waals surface area contributed by atoms with Crippen molar-refractivity contribution in [2.24, 2.45) is 5.92 Å². The summed E-state index contributed by atoms with van der Waals surface area (Å²) in [4.78, 5) is 22.7. The normalized spacial score (nSPS) is 10.7. The van der Waals surface area contributed by atoms with Crippen LogP contribution >= 0.6 is 0 Å². The summed E-state index contributed by atoms with van der Waals surface area (Å²) >= 11 is 0. The molecule has 7 nitrogen and oxygen atoms in total. The van der Waals surface area contributed by atoms with E-state index in [0.717, 1.165) is 0 Å². The lowest BCUT2D eigenvalue weighted by Crippen LogP contribution is -2.31. The van der Waals surface area contributed by atoms with Gasteiger partial charge in [0, 0.05) is 5.92 Å². The average molecular weight is 253 g/mol. The topological polar surface area (TPSA) is 88.9 Å². The molecule has 1 amide bonds. The average Bonchev–Trinajstić information content (AvgIpc) is 2.74. The molecule has 0 spiro atoms. The summed E-state index contributed by atoms with van der Waals surface area (Å²) in [6.07, 6.45) is 1.67.